The molecule has 1 N–H and O–H groups in total. The van der Waals surface area contributed by atoms with Crippen LogP contribution in [0.25, 0.3) is 0 Å². The Balaban J connectivity index is 2.26. The smallest absolute Gasteiger partial charge is 0.264 e. The Morgan fingerprint density at radius 3 is 2.22 bits per heavy atom. The van der Waals surface area contributed by atoms with E-state index in [1.54, 1.807) is 54.4 Å². The molecule has 0 aliphatic rings. The lowest BCUT2D eigenvalue weighted by molar-refractivity contribution is -0.129. The van der Waals surface area contributed by atoms with Crippen molar-refractivity contribution in [3.8, 4) is 0 Å². The maximum Gasteiger partial charge on any atom is 0.264 e. The number of aryl methyl sites for hydroxylation is 1. The second-order valence-electron chi connectivity index (χ2n) is 6.39. The van der Waals surface area contributed by atoms with Crippen molar-refractivity contribution < 1.29 is 13.2 Å². The van der Waals surface area contributed by atoms with E-state index < -0.39 is 10.0 Å². The van der Waals surface area contributed by atoms with Gasteiger partial charge in [-0.05, 0) is 38.2 Å². The largest absolute Gasteiger partial charge is 0.344 e. The number of hydrogen-bond acceptors (Lipinski definition) is 4. The monoisotopic (exact) mass is 389 g/mol. The van der Waals surface area contributed by atoms with E-state index in [1.165, 1.54) is 4.31 Å². The summed E-state index contributed by atoms with van der Waals surface area (Å²) in [5.41, 5.74) is 1.59. The molecule has 0 radical (unpaired) electrons. The molecular formula is C20H27N3O3S. The maximum atomic E-state index is 13.2. The minimum absolute atomic E-state index is 0.0863. The number of sulfonamides is 1. The Kier molecular flexibility index (Phi) is 7.38. The first-order valence-electron chi connectivity index (χ1n) is 8.89. The van der Waals surface area contributed by atoms with Crippen LogP contribution in [0.1, 0.15) is 12.0 Å². The van der Waals surface area contributed by atoms with Gasteiger partial charge in [-0.25, -0.2) is 8.42 Å². The Bertz CT molecular complexity index is 837. The van der Waals surface area contributed by atoms with Crippen LogP contribution >= 0.6 is 0 Å². The molecule has 0 heterocycles. The summed E-state index contributed by atoms with van der Waals surface area (Å²) in [6.45, 7) is 3.29. The Labute approximate surface area is 161 Å². The molecule has 0 saturated carbocycles. The first-order valence-corrected chi connectivity index (χ1v) is 10.3. The van der Waals surface area contributed by atoms with E-state index in [9.17, 15) is 13.2 Å². The van der Waals surface area contributed by atoms with Gasteiger partial charge in [0.15, 0.2) is 0 Å². The average molecular weight is 390 g/mol. The van der Waals surface area contributed by atoms with E-state index in [1.807, 2.05) is 26.1 Å². The fourth-order valence-corrected chi connectivity index (χ4v) is 4.10. The number of nitrogens with one attached hydrogen (secondary N) is 1. The quantitative estimate of drug-likeness (QED) is 0.714. The lowest BCUT2D eigenvalue weighted by Crippen LogP contribution is -2.37. The molecule has 146 valence electrons. The summed E-state index contributed by atoms with van der Waals surface area (Å²) < 4.78 is 27.6. The summed E-state index contributed by atoms with van der Waals surface area (Å²) in [6, 6.07) is 15.6. The summed E-state index contributed by atoms with van der Waals surface area (Å²) in [5.74, 6) is -0.0920. The predicted molar refractivity (Wildman–Crippen MR) is 108 cm³/mol. The van der Waals surface area contributed by atoms with Gasteiger partial charge in [0.1, 0.15) is 0 Å². The maximum absolute atomic E-state index is 13.2. The van der Waals surface area contributed by atoms with E-state index in [0.29, 0.717) is 18.8 Å². The highest BCUT2D eigenvalue weighted by molar-refractivity contribution is 7.92. The second kappa shape index (κ2) is 9.53. The van der Waals surface area contributed by atoms with Crippen molar-refractivity contribution in [3.05, 3.63) is 60.2 Å². The van der Waals surface area contributed by atoms with Crippen molar-refractivity contribution in [2.24, 2.45) is 0 Å². The molecule has 27 heavy (non-hydrogen) atoms. The zero-order valence-electron chi connectivity index (χ0n) is 16.1. The molecule has 0 bridgehead atoms. The van der Waals surface area contributed by atoms with Crippen LogP contribution in [0, 0.1) is 6.92 Å². The summed E-state index contributed by atoms with van der Waals surface area (Å²) in [6.07, 6.45) is 0.111. The Morgan fingerprint density at radius 2 is 1.63 bits per heavy atom. The number of hydrogen-bond donors (Lipinski definition) is 1. The van der Waals surface area contributed by atoms with Crippen LogP contribution in [-0.2, 0) is 14.8 Å². The number of anilines is 1. The van der Waals surface area contributed by atoms with Crippen molar-refractivity contribution in [2.75, 3.05) is 38.0 Å². The minimum Gasteiger partial charge on any atom is -0.344 e. The normalized spacial score (nSPS) is 11.2. The van der Waals surface area contributed by atoms with Gasteiger partial charge in [-0.15, -0.1) is 0 Å². The highest BCUT2D eigenvalue weighted by atomic mass is 32.2. The van der Waals surface area contributed by atoms with Gasteiger partial charge in [0, 0.05) is 33.1 Å². The van der Waals surface area contributed by atoms with Crippen molar-refractivity contribution in [1.29, 1.82) is 0 Å². The summed E-state index contributed by atoms with van der Waals surface area (Å²) in [4.78, 5) is 14.2. The Morgan fingerprint density at radius 1 is 1.00 bits per heavy atom. The number of carbonyl (C=O) groups excluding carboxylic acids is 1. The number of amides is 1. The van der Waals surface area contributed by atoms with Crippen LogP contribution in [0.2, 0.25) is 0 Å². The van der Waals surface area contributed by atoms with E-state index in [0.717, 1.165) is 5.56 Å². The third kappa shape index (κ3) is 5.55. The number of nitrogens with zero attached hydrogens (tertiary/aromatic N) is 2. The van der Waals surface area contributed by atoms with E-state index in [4.69, 9.17) is 0 Å². The lowest BCUT2D eigenvalue weighted by atomic mass is 10.2. The van der Waals surface area contributed by atoms with Crippen LogP contribution in [0.5, 0.6) is 0 Å². The van der Waals surface area contributed by atoms with Crippen molar-refractivity contribution in [2.45, 2.75) is 18.2 Å². The molecule has 0 unspecified atom stereocenters. The number of rotatable bonds is 9. The second-order valence-corrected chi connectivity index (χ2v) is 8.26. The van der Waals surface area contributed by atoms with E-state index >= 15 is 0 Å². The highest BCUT2D eigenvalue weighted by Gasteiger charge is 2.25. The van der Waals surface area contributed by atoms with Crippen molar-refractivity contribution in [1.82, 2.24) is 10.2 Å². The molecule has 2 aromatic carbocycles. The van der Waals surface area contributed by atoms with Crippen molar-refractivity contribution in [3.63, 3.8) is 0 Å². The van der Waals surface area contributed by atoms with E-state index in [-0.39, 0.29) is 23.8 Å². The van der Waals surface area contributed by atoms with Crippen LogP contribution in [0.15, 0.2) is 59.5 Å². The van der Waals surface area contributed by atoms with Crippen LogP contribution in [0.3, 0.4) is 0 Å². The van der Waals surface area contributed by atoms with Gasteiger partial charge in [-0.2, -0.15) is 0 Å². The molecular weight excluding hydrogens is 362 g/mol. The van der Waals surface area contributed by atoms with Gasteiger partial charge in [0.05, 0.1) is 10.6 Å². The van der Waals surface area contributed by atoms with Gasteiger partial charge in [-0.1, -0.05) is 35.9 Å². The molecule has 0 aliphatic carbocycles. The standard InChI is InChI=1S/C20H27N3O3S/c1-17-9-11-18(12-10-17)23(15-13-20(24)22(3)16-14-21-2)27(25,26)19-7-5-4-6-8-19/h4-12,21H,13-16H2,1-3H3. The third-order valence-corrected chi connectivity index (χ3v) is 6.15. The highest BCUT2D eigenvalue weighted by Crippen LogP contribution is 2.24. The molecule has 0 saturated heterocycles. The number of likely N-dealkylation sites (N-methyl/N-ethyl adjacent to an activating group) is 2. The number of carbonyl (C=O) groups is 1. The molecule has 7 heteroatoms. The van der Waals surface area contributed by atoms with Gasteiger partial charge >= 0.3 is 0 Å². The van der Waals surface area contributed by atoms with Crippen LogP contribution in [-0.4, -0.2) is 53.0 Å². The molecule has 0 spiro atoms. The van der Waals surface area contributed by atoms with Gasteiger partial charge < -0.3 is 10.2 Å². The third-order valence-electron chi connectivity index (χ3n) is 4.30. The summed E-state index contributed by atoms with van der Waals surface area (Å²) in [7, 11) is -0.208. The topological polar surface area (TPSA) is 69.7 Å². The number of benzene rings is 2. The van der Waals surface area contributed by atoms with Crippen molar-refractivity contribution >= 4 is 21.6 Å². The summed E-state index contributed by atoms with van der Waals surface area (Å²) >= 11 is 0. The molecule has 2 rings (SSSR count). The van der Waals surface area contributed by atoms with Crippen LogP contribution < -0.4 is 9.62 Å². The van der Waals surface area contributed by atoms with Gasteiger partial charge in [0.25, 0.3) is 10.0 Å². The molecule has 1 amide bonds. The molecule has 0 atom stereocenters. The zero-order chi connectivity index (χ0) is 19.9. The molecule has 6 nitrogen and oxygen atoms in total. The van der Waals surface area contributed by atoms with Crippen LogP contribution in [0.4, 0.5) is 5.69 Å². The first kappa shape index (κ1) is 20.9. The zero-order valence-corrected chi connectivity index (χ0v) is 16.9. The van der Waals surface area contributed by atoms with Gasteiger partial charge in [0.2, 0.25) is 5.91 Å². The molecule has 0 aliphatic heterocycles. The molecule has 0 fully saturated rings. The fourth-order valence-electron chi connectivity index (χ4n) is 2.61. The predicted octanol–water partition coefficient (Wildman–Crippen LogP) is 2.26. The fraction of sp³-hybridized carbons (Fsp3) is 0.350. The summed E-state index contributed by atoms with van der Waals surface area (Å²) in [5, 5.41) is 3.00. The minimum atomic E-state index is -3.76. The van der Waals surface area contributed by atoms with Gasteiger partial charge in [-0.3, -0.25) is 9.10 Å². The molecule has 0 aromatic heterocycles. The molecule has 2 aromatic rings. The lowest BCUT2D eigenvalue weighted by Gasteiger charge is -2.26. The Hall–Kier alpha value is -2.38. The van der Waals surface area contributed by atoms with E-state index in [2.05, 4.69) is 5.32 Å². The average Bonchev–Trinajstić information content (AvgIpc) is 2.68. The SMILES string of the molecule is CNCCN(C)C(=O)CCN(c1ccc(C)cc1)S(=O)(=O)c1ccccc1. The first-order chi connectivity index (χ1) is 12.9.